The summed E-state index contributed by atoms with van der Waals surface area (Å²) in [6.07, 6.45) is 5.95. The summed E-state index contributed by atoms with van der Waals surface area (Å²) in [7, 11) is 0. The Bertz CT molecular complexity index is 1030. The Balaban J connectivity index is 1.59. The van der Waals surface area contributed by atoms with Gasteiger partial charge in [0.25, 0.3) is 0 Å². The van der Waals surface area contributed by atoms with E-state index in [-0.39, 0.29) is 40.1 Å². The molecule has 0 amide bonds. The van der Waals surface area contributed by atoms with Gasteiger partial charge in [-0.05, 0) is 91.3 Å². The fraction of sp³-hybridized carbons (Fsp3) is 0.871. The molecule has 4 saturated carbocycles. The summed E-state index contributed by atoms with van der Waals surface area (Å²) in [6, 6.07) is 0. The third-order valence-electron chi connectivity index (χ3n) is 13.1. The summed E-state index contributed by atoms with van der Waals surface area (Å²) in [6.45, 7) is 15.6. The lowest BCUT2D eigenvalue weighted by Gasteiger charge is -2.71. The molecule has 5 aliphatic carbocycles. The van der Waals surface area contributed by atoms with Crippen LogP contribution >= 0.6 is 0 Å². The molecule has 4 fully saturated rings. The van der Waals surface area contributed by atoms with E-state index in [0.29, 0.717) is 24.5 Å². The van der Waals surface area contributed by atoms with E-state index < -0.39 is 29.2 Å². The predicted octanol–water partition coefficient (Wildman–Crippen LogP) is 5.99. The van der Waals surface area contributed by atoms with Gasteiger partial charge in [-0.1, -0.05) is 53.2 Å². The molecule has 37 heavy (non-hydrogen) atoms. The van der Waals surface area contributed by atoms with Gasteiger partial charge in [0.1, 0.15) is 12.4 Å². The Hall–Kier alpha value is -1.40. The van der Waals surface area contributed by atoms with E-state index in [2.05, 4.69) is 47.6 Å². The van der Waals surface area contributed by atoms with Crippen LogP contribution in [-0.4, -0.2) is 46.1 Å². The first-order valence-electron chi connectivity index (χ1n) is 14.4. The molecule has 208 valence electrons. The molecule has 0 saturated heterocycles. The van der Waals surface area contributed by atoms with Crippen LogP contribution in [0.2, 0.25) is 0 Å². The summed E-state index contributed by atoms with van der Waals surface area (Å²) in [5.41, 5.74) is -0.397. The molecular weight excluding hydrogens is 468 g/mol. The number of aliphatic hydroxyl groups is 2. The van der Waals surface area contributed by atoms with Crippen molar-refractivity contribution in [3.05, 3.63) is 11.6 Å². The molecule has 0 spiro atoms. The minimum absolute atomic E-state index is 0.0213. The van der Waals surface area contributed by atoms with Crippen LogP contribution < -0.4 is 0 Å². The Morgan fingerprint density at radius 2 is 1.68 bits per heavy atom. The van der Waals surface area contributed by atoms with Gasteiger partial charge >= 0.3 is 6.16 Å². The zero-order valence-electron chi connectivity index (χ0n) is 23.9. The average molecular weight is 517 g/mol. The molecule has 3 N–H and O–H groups in total. The van der Waals surface area contributed by atoms with Gasteiger partial charge < -0.3 is 20.1 Å². The number of ether oxygens (including phenoxy) is 1. The quantitative estimate of drug-likeness (QED) is 0.307. The smallest absolute Gasteiger partial charge is 0.450 e. The van der Waals surface area contributed by atoms with Crippen LogP contribution in [0.25, 0.3) is 0 Å². The number of allylic oxidation sites excluding steroid dienone is 2. The zero-order chi connectivity index (χ0) is 27.4. The fourth-order valence-corrected chi connectivity index (χ4v) is 10.7. The molecule has 5 rings (SSSR count). The monoisotopic (exact) mass is 516 g/mol. The van der Waals surface area contributed by atoms with Crippen LogP contribution in [0.3, 0.4) is 0 Å². The maximum atomic E-state index is 14.3. The van der Waals surface area contributed by atoms with Crippen molar-refractivity contribution in [1.29, 1.82) is 0 Å². The first kappa shape index (κ1) is 27.2. The zero-order valence-corrected chi connectivity index (χ0v) is 23.9. The normalized spacial score (nSPS) is 52.6. The Morgan fingerprint density at radius 1 is 1.00 bits per heavy atom. The van der Waals surface area contributed by atoms with E-state index in [1.54, 1.807) is 0 Å². The number of fused-ring (bicyclic) bond motifs is 7. The summed E-state index contributed by atoms with van der Waals surface area (Å²) in [5.74, 6) is 0.908. The Labute approximate surface area is 222 Å². The number of aliphatic hydroxyl groups excluding tert-OH is 2. The molecule has 10 atom stereocenters. The largest absolute Gasteiger partial charge is 0.505 e. The van der Waals surface area contributed by atoms with Crippen LogP contribution in [0, 0.1) is 50.2 Å². The minimum Gasteiger partial charge on any atom is -0.450 e. The summed E-state index contributed by atoms with van der Waals surface area (Å²) in [5, 5.41) is 31.5. The lowest BCUT2D eigenvalue weighted by atomic mass is 9.33. The van der Waals surface area contributed by atoms with Crippen LogP contribution in [0.5, 0.6) is 0 Å². The van der Waals surface area contributed by atoms with Gasteiger partial charge in [-0.2, -0.15) is 0 Å². The molecule has 0 aromatic rings. The summed E-state index contributed by atoms with van der Waals surface area (Å²) >= 11 is 0. The number of ketones is 1. The van der Waals surface area contributed by atoms with Crippen LogP contribution in [0.4, 0.5) is 4.79 Å². The molecule has 0 bridgehead atoms. The minimum atomic E-state index is -1.36. The van der Waals surface area contributed by atoms with E-state index in [0.717, 1.165) is 38.5 Å². The molecule has 6 heteroatoms. The van der Waals surface area contributed by atoms with Gasteiger partial charge in [0.15, 0.2) is 0 Å². The van der Waals surface area contributed by atoms with Crippen molar-refractivity contribution in [2.75, 3.05) is 6.61 Å². The summed E-state index contributed by atoms with van der Waals surface area (Å²) in [4.78, 5) is 25.6. The molecule has 0 aromatic heterocycles. The van der Waals surface area contributed by atoms with Crippen molar-refractivity contribution in [1.82, 2.24) is 0 Å². The number of hydrogen-bond acceptors (Lipinski definition) is 5. The second-order valence-electron chi connectivity index (χ2n) is 15.5. The highest BCUT2D eigenvalue weighted by atomic mass is 16.7. The highest BCUT2D eigenvalue weighted by Crippen LogP contribution is 2.75. The van der Waals surface area contributed by atoms with Gasteiger partial charge in [-0.3, -0.25) is 4.79 Å². The molecule has 0 heterocycles. The average Bonchev–Trinajstić information content (AvgIpc) is 2.78. The first-order valence-corrected chi connectivity index (χ1v) is 14.4. The highest BCUT2D eigenvalue weighted by molar-refractivity contribution is 5.91. The first-order chi connectivity index (χ1) is 16.9. The molecular formula is C31H48O6. The SMILES string of the molecule is CC1(C)CC[C@]2(C)CC(=O)[C@]3(C)C(=CC[C@@H]4[C@@]5(C)C[C@H](O)[C@H](O)C(C)(COC(=O)O)C5CC[C@]43C)[C@H]2C1. The van der Waals surface area contributed by atoms with Gasteiger partial charge in [-0.15, -0.1) is 0 Å². The van der Waals surface area contributed by atoms with Crippen molar-refractivity contribution < 1.29 is 29.6 Å². The Kier molecular flexibility index (Phi) is 5.92. The topological polar surface area (TPSA) is 104 Å². The fourth-order valence-electron chi connectivity index (χ4n) is 10.7. The lowest BCUT2D eigenvalue weighted by Crippen LogP contribution is -2.69. The van der Waals surface area contributed by atoms with Crippen molar-refractivity contribution in [2.24, 2.45) is 50.2 Å². The Morgan fingerprint density at radius 3 is 2.32 bits per heavy atom. The number of rotatable bonds is 2. The highest BCUT2D eigenvalue weighted by Gasteiger charge is 2.71. The van der Waals surface area contributed by atoms with Gasteiger partial charge in [-0.25, -0.2) is 4.79 Å². The maximum absolute atomic E-state index is 14.3. The second-order valence-corrected chi connectivity index (χ2v) is 15.5. The van der Waals surface area contributed by atoms with Crippen molar-refractivity contribution >= 4 is 11.9 Å². The van der Waals surface area contributed by atoms with Crippen molar-refractivity contribution in [3.63, 3.8) is 0 Å². The van der Waals surface area contributed by atoms with Gasteiger partial charge in [0, 0.05) is 11.8 Å². The van der Waals surface area contributed by atoms with Gasteiger partial charge in [0.05, 0.1) is 17.6 Å². The molecule has 0 aromatic carbocycles. The van der Waals surface area contributed by atoms with Crippen molar-refractivity contribution in [3.8, 4) is 0 Å². The van der Waals surface area contributed by atoms with Crippen molar-refractivity contribution in [2.45, 2.75) is 112 Å². The number of carbonyl (C=O) groups is 2. The molecule has 2 unspecified atom stereocenters. The van der Waals surface area contributed by atoms with E-state index in [4.69, 9.17) is 4.74 Å². The molecule has 6 nitrogen and oxygen atoms in total. The van der Waals surface area contributed by atoms with E-state index >= 15 is 0 Å². The summed E-state index contributed by atoms with van der Waals surface area (Å²) < 4.78 is 5.05. The lowest BCUT2D eigenvalue weighted by molar-refractivity contribution is -0.241. The third-order valence-corrected chi connectivity index (χ3v) is 13.1. The van der Waals surface area contributed by atoms with Crippen LogP contribution in [0.1, 0.15) is 99.8 Å². The van der Waals surface area contributed by atoms with Gasteiger partial charge in [0.2, 0.25) is 0 Å². The molecule has 0 radical (unpaired) electrons. The standard InChI is InChI=1S/C31H48O6/c1-26(2)12-13-27(3)16-23(33)31(7)18(19(27)14-26)8-9-22-28(4)15-20(32)24(34)29(5,17-37-25(35)36)21(28)10-11-30(22,31)6/h8,19-22,24,32,34H,9-17H2,1-7H3,(H,35,36)/t19-,20+,21?,22-,24+,27-,28+,29?,30-,31+/m1/s1. The van der Waals surface area contributed by atoms with E-state index in [9.17, 15) is 24.9 Å². The number of carboxylic acid groups (broad SMARTS) is 1. The predicted molar refractivity (Wildman–Crippen MR) is 141 cm³/mol. The number of hydrogen-bond donors (Lipinski definition) is 3. The van der Waals surface area contributed by atoms with E-state index in [1.807, 2.05) is 6.92 Å². The maximum Gasteiger partial charge on any atom is 0.505 e. The third kappa shape index (κ3) is 3.49. The van der Waals surface area contributed by atoms with E-state index in [1.165, 1.54) is 5.57 Å². The number of carbonyl (C=O) groups excluding carboxylic acids is 1. The number of Topliss-reactive ketones (excluding diaryl/α,β-unsaturated/α-hetero) is 1. The molecule has 0 aliphatic heterocycles. The van der Waals surface area contributed by atoms with Crippen LogP contribution in [-0.2, 0) is 9.53 Å². The second kappa shape index (κ2) is 8.06. The van der Waals surface area contributed by atoms with Crippen LogP contribution in [0.15, 0.2) is 11.6 Å². The molecule has 5 aliphatic rings.